The van der Waals surface area contributed by atoms with Gasteiger partial charge in [-0.2, -0.15) is 0 Å². The number of hydrogen-bond donors (Lipinski definition) is 1. The van der Waals surface area contributed by atoms with Crippen molar-refractivity contribution in [2.24, 2.45) is 0 Å². The first-order valence-electron chi connectivity index (χ1n) is 13.6. The maximum atomic E-state index is 4.01. The highest BCUT2D eigenvalue weighted by atomic mass is 14.7. The van der Waals surface area contributed by atoms with Gasteiger partial charge in [0.15, 0.2) is 0 Å². The fourth-order valence-corrected chi connectivity index (χ4v) is 6.15. The van der Waals surface area contributed by atoms with Gasteiger partial charge in [0.25, 0.3) is 0 Å². The molecule has 0 fully saturated rings. The van der Waals surface area contributed by atoms with Gasteiger partial charge in [0.05, 0.1) is 0 Å². The number of aromatic nitrogens is 2. The second-order valence-corrected chi connectivity index (χ2v) is 10.4. The van der Waals surface area contributed by atoms with Crippen LogP contribution < -0.4 is 0 Å². The molecule has 2 heterocycles. The van der Waals surface area contributed by atoms with Crippen LogP contribution in [0.2, 0.25) is 0 Å². The quantitative estimate of drug-likeness (QED) is 0.240. The molecule has 1 aliphatic rings. The Morgan fingerprint density at radius 3 is 2.42 bits per heavy atom. The van der Waals surface area contributed by atoms with E-state index in [0.717, 1.165) is 6.42 Å². The Balaban J connectivity index is 0.000000203. The topological polar surface area (TPSA) is 28.7 Å². The fourth-order valence-electron chi connectivity index (χ4n) is 6.15. The number of H-pyrrole nitrogens is 1. The molecular weight excluding hydrogens is 460 g/mol. The van der Waals surface area contributed by atoms with Gasteiger partial charge in [-0.05, 0) is 116 Å². The van der Waals surface area contributed by atoms with Crippen molar-refractivity contribution in [1.82, 2.24) is 9.97 Å². The number of benzene rings is 5. The lowest BCUT2D eigenvalue weighted by Crippen LogP contribution is -2.05. The molecule has 0 bridgehead atoms. The van der Waals surface area contributed by atoms with Crippen molar-refractivity contribution in [3.05, 3.63) is 138 Å². The number of aromatic amines is 1. The Morgan fingerprint density at radius 1 is 0.658 bits per heavy atom. The molecule has 1 aliphatic carbocycles. The monoisotopic (exact) mass is 490 g/mol. The van der Waals surface area contributed by atoms with Crippen LogP contribution in [0.25, 0.3) is 43.2 Å². The lowest BCUT2D eigenvalue weighted by molar-refractivity contribution is 0.690. The molecule has 0 radical (unpaired) electrons. The minimum atomic E-state index is 0.985. The lowest BCUT2D eigenvalue weighted by Gasteiger charge is -2.21. The van der Waals surface area contributed by atoms with Crippen molar-refractivity contribution in [3.8, 4) is 0 Å². The molecule has 0 amide bonds. The van der Waals surface area contributed by atoms with Crippen LogP contribution in [-0.2, 0) is 19.3 Å². The molecule has 7 aromatic rings. The molecule has 2 heteroatoms. The van der Waals surface area contributed by atoms with Crippen molar-refractivity contribution in [1.29, 1.82) is 0 Å². The van der Waals surface area contributed by atoms with Crippen molar-refractivity contribution >= 4 is 43.2 Å². The summed E-state index contributed by atoms with van der Waals surface area (Å²) in [5.74, 6) is 0. The molecular formula is C36H30N2. The third kappa shape index (κ3) is 4.22. The van der Waals surface area contributed by atoms with Gasteiger partial charge < -0.3 is 4.98 Å². The van der Waals surface area contributed by atoms with E-state index >= 15 is 0 Å². The average Bonchev–Trinajstić information content (AvgIpc) is 3.45. The maximum absolute atomic E-state index is 4.01. The Morgan fingerprint density at radius 2 is 1.50 bits per heavy atom. The maximum Gasteiger partial charge on any atom is 0.0454 e. The first-order chi connectivity index (χ1) is 18.8. The molecule has 0 spiro atoms. The number of nitrogens with one attached hydrogen (secondary N) is 1. The van der Waals surface area contributed by atoms with Crippen LogP contribution in [-0.4, -0.2) is 9.97 Å². The molecule has 2 nitrogen and oxygen atoms in total. The highest BCUT2D eigenvalue weighted by Crippen LogP contribution is 2.37. The van der Waals surface area contributed by atoms with Crippen LogP contribution in [0.15, 0.2) is 116 Å². The van der Waals surface area contributed by atoms with Gasteiger partial charge >= 0.3 is 0 Å². The molecule has 0 saturated carbocycles. The van der Waals surface area contributed by atoms with Crippen LogP contribution in [0.1, 0.15) is 35.1 Å². The summed E-state index contributed by atoms with van der Waals surface area (Å²) in [5.41, 5.74) is 7.24. The molecule has 0 unspecified atom stereocenters. The molecule has 2 aromatic heterocycles. The summed E-state index contributed by atoms with van der Waals surface area (Å²) in [6, 6.07) is 35.2. The number of rotatable bonds is 2. The molecule has 38 heavy (non-hydrogen) atoms. The van der Waals surface area contributed by atoms with Crippen LogP contribution >= 0.6 is 0 Å². The number of nitrogens with zero attached hydrogens (tertiary/aromatic N) is 1. The Kier molecular flexibility index (Phi) is 5.86. The van der Waals surface area contributed by atoms with E-state index in [4.69, 9.17) is 0 Å². The van der Waals surface area contributed by atoms with E-state index in [-0.39, 0.29) is 0 Å². The van der Waals surface area contributed by atoms with Gasteiger partial charge in [0.2, 0.25) is 0 Å². The highest BCUT2D eigenvalue weighted by molar-refractivity contribution is 6.10. The molecule has 1 N–H and O–H groups in total. The van der Waals surface area contributed by atoms with Crippen molar-refractivity contribution in [2.75, 3.05) is 0 Å². The molecule has 0 saturated heterocycles. The first-order valence-corrected chi connectivity index (χ1v) is 13.6. The van der Waals surface area contributed by atoms with E-state index < -0.39 is 0 Å². The number of aryl methyl sites for hydroxylation is 2. The number of pyridine rings is 1. The minimum Gasteiger partial charge on any atom is -0.361 e. The van der Waals surface area contributed by atoms with E-state index in [1.54, 1.807) is 11.1 Å². The van der Waals surface area contributed by atoms with E-state index in [1.807, 2.05) is 36.8 Å². The second-order valence-electron chi connectivity index (χ2n) is 10.4. The predicted molar refractivity (Wildman–Crippen MR) is 161 cm³/mol. The highest BCUT2D eigenvalue weighted by Gasteiger charge is 2.17. The van der Waals surface area contributed by atoms with E-state index in [9.17, 15) is 0 Å². The SMILES string of the molecule is c1ccc2c(c1)cc(Cc1ccc3[nH]ccc3c1)c1c3c(ccc12)CCCC3.c1ccc2cnccc2c1. The van der Waals surface area contributed by atoms with E-state index in [2.05, 4.69) is 88.8 Å². The van der Waals surface area contributed by atoms with Crippen molar-refractivity contribution < 1.29 is 0 Å². The molecule has 0 aliphatic heterocycles. The van der Waals surface area contributed by atoms with Crippen LogP contribution in [0.5, 0.6) is 0 Å². The number of hydrogen-bond acceptors (Lipinski definition) is 1. The van der Waals surface area contributed by atoms with Crippen molar-refractivity contribution in [3.63, 3.8) is 0 Å². The summed E-state index contributed by atoms with van der Waals surface area (Å²) in [4.78, 5) is 7.32. The molecule has 184 valence electrons. The third-order valence-corrected chi connectivity index (χ3v) is 8.00. The normalized spacial score (nSPS) is 12.9. The Hall–Kier alpha value is -4.43. The smallest absolute Gasteiger partial charge is 0.0454 e. The summed E-state index contributed by atoms with van der Waals surface area (Å²) in [7, 11) is 0. The summed E-state index contributed by atoms with van der Waals surface area (Å²) >= 11 is 0. The third-order valence-electron chi connectivity index (χ3n) is 8.00. The van der Waals surface area contributed by atoms with Crippen LogP contribution in [0.3, 0.4) is 0 Å². The predicted octanol–water partition coefficient (Wildman–Crippen LogP) is 9.18. The summed E-state index contributed by atoms with van der Waals surface area (Å²) in [6.07, 6.45) is 11.8. The molecule has 8 rings (SSSR count). The van der Waals surface area contributed by atoms with Gasteiger partial charge in [-0.15, -0.1) is 0 Å². The largest absolute Gasteiger partial charge is 0.361 e. The fraction of sp³-hybridized carbons (Fsp3) is 0.139. The standard InChI is InChI=1S/C27H23N.C9H7N/c1-4-8-24-19(5-1)10-11-25-23-7-3-2-6-20(23)17-22(27(24)25)16-18-9-12-26-21(15-18)13-14-28-26;1-2-4-9-7-10-6-5-8(9)3-1/h2-3,6-7,9-15,17,28H,1,4-5,8,16H2;1-7H. The van der Waals surface area contributed by atoms with Crippen LogP contribution in [0.4, 0.5) is 0 Å². The van der Waals surface area contributed by atoms with E-state index in [0.29, 0.717) is 0 Å². The van der Waals surface area contributed by atoms with Gasteiger partial charge in [0, 0.05) is 24.1 Å². The summed E-state index contributed by atoms with van der Waals surface area (Å²) in [5, 5.41) is 9.42. The van der Waals surface area contributed by atoms with Gasteiger partial charge in [0.1, 0.15) is 0 Å². The van der Waals surface area contributed by atoms with Gasteiger partial charge in [-0.1, -0.05) is 72.8 Å². The minimum absolute atomic E-state index is 0.985. The van der Waals surface area contributed by atoms with Gasteiger partial charge in [-0.3, -0.25) is 4.98 Å². The lowest BCUT2D eigenvalue weighted by atomic mass is 9.83. The molecule has 0 atom stereocenters. The number of fused-ring (bicyclic) bond motifs is 7. The van der Waals surface area contributed by atoms with Crippen LogP contribution in [0, 0.1) is 0 Å². The molecule has 5 aromatic carbocycles. The van der Waals surface area contributed by atoms with Crippen molar-refractivity contribution in [2.45, 2.75) is 32.1 Å². The Labute approximate surface area is 223 Å². The zero-order chi connectivity index (χ0) is 25.3. The summed E-state index contributed by atoms with van der Waals surface area (Å²) < 4.78 is 0. The van der Waals surface area contributed by atoms with E-state index in [1.165, 1.54) is 80.0 Å². The summed E-state index contributed by atoms with van der Waals surface area (Å²) in [6.45, 7) is 0. The Bertz CT molecular complexity index is 1850. The zero-order valence-electron chi connectivity index (χ0n) is 21.5. The second kappa shape index (κ2) is 9.79. The van der Waals surface area contributed by atoms with Gasteiger partial charge in [-0.25, -0.2) is 0 Å². The zero-order valence-corrected chi connectivity index (χ0v) is 21.5. The first kappa shape index (κ1) is 22.7. The average molecular weight is 491 g/mol.